The molecule has 88 valence electrons. The average Bonchev–Trinajstić information content (AvgIpc) is 2.29. The quantitative estimate of drug-likeness (QED) is 0.669. The molecule has 0 aliphatic heterocycles. The van der Waals surface area contributed by atoms with Crippen molar-refractivity contribution in [2.75, 3.05) is 0 Å². The molecule has 0 amide bonds. The van der Waals surface area contributed by atoms with E-state index < -0.39 is 0 Å². The summed E-state index contributed by atoms with van der Waals surface area (Å²) < 4.78 is 6.62. The summed E-state index contributed by atoms with van der Waals surface area (Å²) in [4.78, 5) is 0. The Morgan fingerprint density at radius 3 is 2.41 bits per heavy atom. The second kappa shape index (κ2) is 5.94. The molecular formula is C13H9Cl2IO. The highest BCUT2D eigenvalue weighted by Gasteiger charge is 2.08. The van der Waals surface area contributed by atoms with Crippen LogP contribution in [0.3, 0.4) is 0 Å². The van der Waals surface area contributed by atoms with Crippen molar-refractivity contribution in [1.29, 1.82) is 0 Å². The number of rotatable bonds is 3. The van der Waals surface area contributed by atoms with E-state index in [1.54, 1.807) is 6.07 Å². The molecule has 0 aliphatic rings. The Balaban J connectivity index is 2.15. The number of benzene rings is 2. The molecule has 0 unspecified atom stereocenters. The number of ether oxygens (including phenoxy) is 1. The van der Waals surface area contributed by atoms with Gasteiger partial charge in [0.15, 0.2) is 5.75 Å². The third-order valence-electron chi connectivity index (χ3n) is 2.19. The van der Waals surface area contributed by atoms with Crippen LogP contribution in [0, 0.1) is 3.57 Å². The van der Waals surface area contributed by atoms with E-state index in [2.05, 4.69) is 22.6 Å². The van der Waals surface area contributed by atoms with Crippen LogP contribution in [0.4, 0.5) is 0 Å². The molecule has 0 radical (unpaired) electrons. The standard InChI is InChI=1S/C13H9Cl2IO/c14-10-6-11(15)13(12(16)7-10)17-8-9-4-2-1-3-5-9/h1-7H,8H2. The maximum absolute atomic E-state index is 6.09. The lowest BCUT2D eigenvalue weighted by Crippen LogP contribution is -1.97. The van der Waals surface area contributed by atoms with Crippen molar-refractivity contribution in [2.24, 2.45) is 0 Å². The molecule has 2 rings (SSSR count). The van der Waals surface area contributed by atoms with Gasteiger partial charge in [0.2, 0.25) is 0 Å². The van der Waals surface area contributed by atoms with E-state index in [-0.39, 0.29) is 0 Å². The van der Waals surface area contributed by atoms with Crippen LogP contribution >= 0.6 is 45.8 Å². The van der Waals surface area contributed by atoms with Crippen LogP contribution in [-0.4, -0.2) is 0 Å². The van der Waals surface area contributed by atoms with Crippen LogP contribution in [0.2, 0.25) is 10.0 Å². The maximum atomic E-state index is 6.09. The van der Waals surface area contributed by atoms with Gasteiger partial charge in [-0.05, 0) is 40.3 Å². The summed E-state index contributed by atoms with van der Waals surface area (Å²) in [7, 11) is 0. The first-order valence-electron chi connectivity index (χ1n) is 4.98. The highest BCUT2D eigenvalue weighted by Crippen LogP contribution is 2.33. The highest BCUT2D eigenvalue weighted by molar-refractivity contribution is 14.1. The van der Waals surface area contributed by atoms with Crippen molar-refractivity contribution in [3.63, 3.8) is 0 Å². The van der Waals surface area contributed by atoms with Crippen LogP contribution in [0.5, 0.6) is 5.75 Å². The Morgan fingerprint density at radius 2 is 1.76 bits per heavy atom. The minimum atomic E-state index is 0.498. The van der Waals surface area contributed by atoms with E-state index in [1.165, 1.54) is 0 Å². The lowest BCUT2D eigenvalue weighted by Gasteiger charge is -2.10. The van der Waals surface area contributed by atoms with Crippen molar-refractivity contribution < 1.29 is 4.74 Å². The molecule has 0 atom stereocenters. The number of hydrogen-bond donors (Lipinski definition) is 0. The van der Waals surface area contributed by atoms with E-state index in [4.69, 9.17) is 27.9 Å². The SMILES string of the molecule is Clc1cc(Cl)c(OCc2ccccc2)c(I)c1. The molecule has 0 N–H and O–H groups in total. The van der Waals surface area contributed by atoms with Gasteiger partial charge < -0.3 is 4.74 Å². The van der Waals surface area contributed by atoms with Crippen molar-refractivity contribution in [3.8, 4) is 5.75 Å². The number of halogens is 3. The first-order chi connectivity index (χ1) is 8.16. The molecule has 0 heterocycles. The van der Waals surface area contributed by atoms with Gasteiger partial charge in [-0.1, -0.05) is 53.5 Å². The highest BCUT2D eigenvalue weighted by atomic mass is 127. The van der Waals surface area contributed by atoms with Crippen molar-refractivity contribution in [1.82, 2.24) is 0 Å². The maximum Gasteiger partial charge on any atom is 0.151 e. The van der Waals surface area contributed by atoms with E-state index in [0.717, 1.165) is 9.13 Å². The van der Waals surface area contributed by atoms with Crippen LogP contribution < -0.4 is 4.74 Å². The van der Waals surface area contributed by atoms with Crippen LogP contribution in [0.15, 0.2) is 42.5 Å². The fraction of sp³-hybridized carbons (Fsp3) is 0.0769. The van der Waals surface area contributed by atoms with E-state index in [0.29, 0.717) is 22.4 Å². The lowest BCUT2D eigenvalue weighted by molar-refractivity contribution is 0.304. The van der Waals surface area contributed by atoms with Crippen molar-refractivity contribution >= 4 is 45.8 Å². The second-order valence-corrected chi connectivity index (χ2v) is 5.48. The van der Waals surface area contributed by atoms with Crippen LogP contribution in [0.1, 0.15) is 5.56 Å². The number of hydrogen-bond acceptors (Lipinski definition) is 1. The van der Waals surface area contributed by atoms with Gasteiger partial charge in [0.05, 0.1) is 8.59 Å². The van der Waals surface area contributed by atoms with E-state index >= 15 is 0 Å². The van der Waals surface area contributed by atoms with Gasteiger partial charge in [0, 0.05) is 5.02 Å². The summed E-state index contributed by atoms with van der Waals surface area (Å²) in [6.07, 6.45) is 0. The fourth-order valence-corrected chi connectivity index (χ4v) is 3.07. The minimum absolute atomic E-state index is 0.498. The Labute approximate surface area is 124 Å². The molecule has 0 saturated heterocycles. The third kappa shape index (κ3) is 3.50. The molecular weight excluding hydrogens is 370 g/mol. The normalized spacial score (nSPS) is 10.3. The predicted molar refractivity (Wildman–Crippen MR) is 80.0 cm³/mol. The lowest BCUT2D eigenvalue weighted by atomic mass is 10.2. The average molecular weight is 379 g/mol. The minimum Gasteiger partial charge on any atom is -0.486 e. The summed E-state index contributed by atoms with van der Waals surface area (Å²) in [6.45, 7) is 0.498. The van der Waals surface area contributed by atoms with Gasteiger partial charge in [-0.25, -0.2) is 0 Å². The van der Waals surface area contributed by atoms with Crippen LogP contribution in [-0.2, 0) is 6.61 Å². The monoisotopic (exact) mass is 378 g/mol. The zero-order valence-corrected chi connectivity index (χ0v) is 12.5. The Hall–Kier alpha value is -0.450. The topological polar surface area (TPSA) is 9.23 Å². The van der Waals surface area contributed by atoms with Gasteiger partial charge in [-0.2, -0.15) is 0 Å². The molecule has 4 heteroatoms. The Kier molecular flexibility index (Phi) is 4.54. The summed E-state index contributed by atoms with van der Waals surface area (Å²) in [5.74, 6) is 0.681. The molecule has 0 aromatic heterocycles. The molecule has 2 aromatic carbocycles. The molecule has 2 aromatic rings. The van der Waals surface area contributed by atoms with Crippen molar-refractivity contribution in [3.05, 3.63) is 61.6 Å². The molecule has 0 fully saturated rings. The van der Waals surface area contributed by atoms with Gasteiger partial charge in [0.1, 0.15) is 6.61 Å². The van der Waals surface area contributed by atoms with E-state index in [1.807, 2.05) is 36.4 Å². The third-order valence-corrected chi connectivity index (χ3v) is 3.49. The predicted octanol–water partition coefficient (Wildman–Crippen LogP) is 5.18. The first kappa shape index (κ1) is 13.0. The molecule has 17 heavy (non-hydrogen) atoms. The molecule has 0 aliphatic carbocycles. The zero-order chi connectivity index (χ0) is 12.3. The summed E-state index contributed by atoms with van der Waals surface area (Å²) in [5, 5.41) is 1.16. The van der Waals surface area contributed by atoms with Crippen molar-refractivity contribution in [2.45, 2.75) is 6.61 Å². The zero-order valence-electron chi connectivity index (χ0n) is 8.79. The first-order valence-corrected chi connectivity index (χ1v) is 6.81. The molecule has 1 nitrogen and oxygen atoms in total. The van der Waals surface area contributed by atoms with Gasteiger partial charge >= 0.3 is 0 Å². The Bertz CT molecular complexity index is 491. The van der Waals surface area contributed by atoms with Gasteiger partial charge in [0.25, 0.3) is 0 Å². The Morgan fingerprint density at radius 1 is 1.06 bits per heavy atom. The smallest absolute Gasteiger partial charge is 0.151 e. The molecule has 0 bridgehead atoms. The van der Waals surface area contributed by atoms with Gasteiger partial charge in [-0.3, -0.25) is 0 Å². The molecule has 0 spiro atoms. The van der Waals surface area contributed by atoms with Gasteiger partial charge in [-0.15, -0.1) is 0 Å². The largest absolute Gasteiger partial charge is 0.486 e. The van der Waals surface area contributed by atoms with E-state index in [9.17, 15) is 0 Å². The summed E-state index contributed by atoms with van der Waals surface area (Å²) >= 11 is 14.1. The second-order valence-electron chi connectivity index (χ2n) is 3.47. The summed E-state index contributed by atoms with van der Waals surface area (Å²) in [6, 6.07) is 13.5. The summed E-state index contributed by atoms with van der Waals surface area (Å²) in [5.41, 5.74) is 1.11. The fourth-order valence-electron chi connectivity index (χ4n) is 1.40. The molecule has 0 saturated carbocycles. The van der Waals surface area contributed by atoms with Crippen LogP contribution in [0.25, 0.3) is 0 Å².